The molecule has 2 amide bonds. The Morgan fingerprint density at radius 1 is 0.862 bits per heavy atom. The minimum Gasteiger partial charge on any atom is -0.342 e. The fraction of sp³-hybridized carbons (Fsp3) is 0.545. The minimum atomic E-state index is -0.0185. The molecule has 1 fully saturated rings. The van der Waals surface area contributed by atoms with Crippen LogP contribution in [0.15, 0.2) is 30.6 Å². The van der Waals surface area contributed by atoms with Gasteiger partial charge >= 0.3 is 0 Å². The third-order valence-corrected chi connectivity index (χ3v) is 6.75. The van der Waals surface area contributed by atoms with Crippen LogP contribution in [0.25, 0.3) is 0 Å². The summed E-state index contributed by atoms with van der Waals surface area (Å²) in [5.41, 5.74) is 2.63. The smallest absolute Gasteiger partial charge is 0.227 e. The zero-order valence-electron chi connectivity index (χ0n) is 16.7. The van der Waals surface area contributed by atoms with E-state index in [-0.39, 0.29) is 23.7 Å². The Balaban J connectivity index is 1.16. The molecule has 152 valence electrons. The largest absolute Gasteiger partial charge is 0.342 e. The number of carbonyl (C=O) groups excluding carboxylic acids is 2. The van der Waals surface area contributed by atoms with Crippen LogP contribution in [0.3, 0.4) is 0 Å². The number of hydrogen-bond acceptors (Lipinski definition) is 4. The first-order valence-electron chi connectivity index (χ1n) is 10.7. The predicted octanol–water partition coefficient (Wildman–Crippen LogP) is 1.66. The summed E-state index contributed by atoms with van der Waals surface area (Å²) in [5, 5.41) is 4.22. The van der Waals surface area contributed by atoms with E-state index in [0.29, 0.717) is 19.6 Å². The van der Waals surface area contributed by atoms with Gasteiger partial charge in [-0.15, -0.1) is 0 Å². The van der Waals surface area contributed by atoms with Crippen LogP contribution in [0.1, 0.15) is 36.2 Å². The Morgan fingerprint density at radius 2 is 1.62 bits per heavy atom. The van der Waals surface area contributed by atoms with Crippen molar-refractivity contribution in [3.05, 3.63) is 47.5 Å². The molecule has 3 aliphatic heterocycles. The summed E-state index contributed by atoms with van der Waals surface area (Å²) in [5.74, 6) is 1.47. The lowest BCUT2D eigenvalue weighted by Gasteiger charge is -2.37. The molecule has 1 atom stereocenters. The van der Waals surface area contributed by atoms with E-state index in [9.17, 15) is 9.59 Å². The number of benzene rings is 1. The van der Waals surface area contributed by atoms with E-state index in [4.69, 9.17) is 0 Å². The molecule has 4 heterocycles. The summed E-state index contributed by atoms with van der Waals surface area (Å²) in [4.78, 5) is 34.2. The Bertz CT molecular complexity index is 915. The normalized spacial score (nSPS) is 22.1. The number of aromatic nitrogens is 3. The van der Waals surface area contributed by atoms with Gasteiger partial charge in [-0.2, -0.15) is 5.10 Å². The molecule has 0 radical (unpaired) electrons. The Morgan fingerprint density at radius 3 is 2.45 bits per heavy atom. The zero-order valence-corrected chi connectivity index (χ0v) is 16.7. The van der Waals surface area contributed by atoms with Crippen LogP contribution in [-0.2, 0) is 35.5 Å². The molecule has 0 bridgehead atoms. The van der Waals surface area contributed by atoms with Gasteiger partial charge in [0.2, 0.25) is 11.8 Å². The summed E-state index contributed by atoms with van der Waals surface area (Å²) >= 11 is 0. The van der Waals surface area contributed by atoms with Gasteiger partial charge < -0.3 is 9.80 Å². The summed E-state index contributed by atoms with van der Waals surface area (Å²) in [7, 11) is 0. The highest BCUT2D eigenvalue weighted by Crippen LogP contribution is 2.27. The van der Waals surface area contributed by atoms with Crippen LogP contribution >= 0.6 is 0 Å². The molecule has 29 heavy (non-hydrogen) atoms. The van der Waals surface area contributed by atoms with E-state index in [0.717, 1.165) is 51.0 Å². The van der Waals surface area contributed by atoms with E-state index in [2.05, 4.69) is 28.3 Å². The van der Waals surface area contributed by atoms with Gasteiger partial charge in [-0.05, 0) is 36.8 Å². The van der Waals surface area contributed by atoms with E-state index < -0.39 is 0 Å². The number of piperidine rings is 1. The van der Waals surface area contributed by atoms with Gasteiger partial charge in [0.25, 0.3) is 0 Å². The first-order valence-corrected chi connectivity index (χ1v) is 10.7. The number of fused-ring (bicyclic) bond motifs is 2. The van der Waals surface area contributed by atoms with E-state index in [1.165, 1.54) is 11.1 Å². The summed E-state index contributed by atoms with van der Waals surface area (Å²) < 4.78 is 1.86. The number of carbonyl (C=O) groups is 2. The fourth-order valence-electron chi connectivity index (χ4n) is 4.99. The zero-order chi connectivity index (χ0) is 19.8. The van der Waals surface area contributed by atoms with Crippen LogP contribution < -0.4 is 0 Å². The quantitative estimate of drug-likeness (QED) is 0.778. The van der Waals surface area contributed by atoms with Gasteiger partial charge in [-0.1, -0.05) is 24.3 Å². The Hall–Kier alpha value is -2.70. The number of rotatable bonds is 2. The van der Waals surface area contributed by atoms with Gasteiger partial charge in [0.1, 0.15) is 12.2 Å². The molecule has 0 saturated carbocycles. The molecule has 0 spiro atoms. The highest BCUT2D eigenvalue weighted by Gasteiger charge is 2.34. The second-order valence-corrected chi connectivity index (χ2v) is 8.47. The molecule has 1 unspecified atom stereocenters. The summed E-state index contributed by atoms with van der Waals surface area (Å²) in [6.07, 6.45) is 5.68. The van der Waals surface area contributed by atoms with Crippen LogP contribution in [0.2, 0.25) is 0 Å². The molecule has 3 aliphatic rings. The lowest BCUT2D eigenvalue weighted by Crippen LogP contribution is -2.47. The fourth-order valence-corrected chi connectivity index (χ4v) is 4.99. The number of hydrogen-bond donors (Lipinski definition) is 0. The van der Waals surface area contributed by atoms with Crippen LogP contribution in [0, 0.1) is 11.8 Å². The number of nitrogens with zero attached hydrogens (tertiary/aromatic N) is 5. The Kier molecular flexibility index (Phi) is 4.81. The predicted molar refractivity (Wildman–Crippen MR) is 107 cm³/mol. The molecule has 7 heteroatoms. The first kappa shape index (κ1) is 18.3. The summed E-state index contributed by atoms with van der Waals surface area (Å²) in [6, 6.07) is 8.40. The highest BCUT2D eigenvalue weighted by molar-refractivity contribution is 5.81. The number of amides is 2. The van der Waals surface area contributed by atoms with Crippen LogP contribution in [0.4, 0.5) is 0 Å². The maximum Gasteiger partial charge on any atom is 0.227 e. The molecule has 1 aromatic heterocycles. The van der Waals surface area contributed by atoms with Crippen molar-refractivity contribution in [1.29, 1.82) is 0 Å². The molecule has 1 aromatic carbocycles. The lowest BCUT2D eigenvalue weighted by atomic mass is 9.91. The minimum absolute atomic E-state index is 0.0185. The molecule has 2 aromatic rings. The van der Waals surface area contributed by atoms with Crippen molar-refractivity contribution in [1.82, 2.24) is 24.6 Å². The van der Waals surface area contributed by atoms with Gasteiger partial charge in [0.05, 0.1) is 12.5 Å². The molecule has 5 rings (SSSR count). The maximum absolute atomic E-state index is 13.1. The van der Waals surface area contributed by atoms with Crippen molar-refractivity contribution in [3.63, 3.8) is 0 Å². The highest BCUT2D eigenvalue weighted by atomic mass is 16.2. The van der Waals surface area contributed by atoms with Gasteiger partial charge in [-0.3, -0.25) is 9.59 Å². The van der Waals surface area contributed by atoms with Crippen LogP contribution in [-0.4, -0.2) is 56.0 Å². The van der Waals surface area contributed by atoms with Gasteiger partial charge in [0.15, 0.2) is 0 Å². The van der Waals surface area contributed by atoms with Crippen molar-refractivity contribution < 1.29 is 9.59 Å². The van der Waals surface area contributed by atoms with Gasteiger partial charge in [0, 0.05) is 38.5 Å². The standard InChI is InChI=1S/C22H27N5O2/c28-21(26-12-7-16-3-1-2-4-18(16)13-26)17-8-10-25(11-9-17)22(29)19-5-6-20-23-15-24-27(20)14-19/h1-4,15,17,19H,5-14H2. The van der Waals surface area contributed by atoms with Crippen LogP contribution in [0.5, 0.6) is 0 Å². The molecule has 0 N–H and O–H groups in total. The topological polar surface area (TPSA) is 71.3 Å². The second-order valence-electron chi connectivity index (χ2n) is 8.47. The molecular formula is C22H27N5O2. The average molecular weight is 393 g/mol. The maximum atomic E-state index is 13.1. The van der Waals surface area contributed by atoms with Crippen molar-refractivity contribution in [2.24, 2.45) is 11.8 Å². The first-order chi connectivity index (χ1) is 14.2. The SMILES string of the molecule is O=C(C1CCc2ncnn2C1)N1CCC(C(=O)N2CCc3ccccc3C2)CC1. The van der Waals surface area contributed by atoms with Crippen molar-refractivity contribution in [3.8, 4) is 0 Å². The van der Waals surface area contributed by atoms with Crippen molar-refractivity contribution in [2.45, 2.75) is 45.2 Å². The monoisotopic (exact) mass is 393 g/mol. The molecular weight excluding hydrogens is 366 g/mol. The molecule has 1 saturated heterocycles. The van der Waals surface area contributed by atoms with Gasteiger partial charge in [-0.25, -0.2) is 9.67 Å². The van der Waals surface area contributed by atoms with Crippen molar-refractivity contribution >= 4 is 11.8 Å². The average Bonchev–Trinajstić information content (AvgIpc) is 3.26. The van der Waals surface area contributed by atoms with E-state index >= 15 is 0 Å². The number of aryl methyl sites for hydroxylation is 1. The number of likely N-dealkylation sites (tertiary alicyclic amines) is 1. The summed E-state index contributed by atoms with van der Waals surface area (Å²) in [6.45, 7) is 3.51. The third-order valence-electron chi connectivity index (χ3n) is 6.75. The molecule has 0 aliphatic carbocycles. The van der Waals surface area contributed by atoms with E-state index in [1.54, 1.807) is 6.33 Å². The molecule has 7 nitrogen and oxygen atoms in total. The Labute approximate surface area is 170 Å². The lowest BCUT2D eigenvalue weighted by molar-refractivity contribution is -0.143. The second kappa shape index (κ2) is 7.61. The van der Waals surface area contributed by atoms with E-state index in [1.807, 2.05) is 20.5 Å². The third kappa shape index (κ3) is 3.54. The van der Waals surface area contributed by atoms with Crippen molar-refractivity contribution in [2.75, 3.05) is 19.6 Å².